The Morgan fingerprint density at radius 2 is 1.50 bits per heavy atom. The van der Waals surface area contributed by atoms with Gasteiger partial charge in [0.15, 0.2) is 12.4 Å². The van der Waals surface area contributed by atoms with E-state index in [1.165, 1.54) is 0 Å². The zero-order valence-corrected chi connectivity index (χ0v) is 7.66. The lowest BCUT2D eigenvalue weighted by molar-refractivity contribution is -0.163. The summed E-state index contributed by atoms with van der Waals surface area (Å²) in [6.07, 6.45) is -8.39. The third-order valence-electron chi connectivity index (χ3n) is 1.42. The average Bonchev–Trinajstić information content (AvgIpc) is 2.12. The number of carbonyl (C=O) groups excluding carboxylic acids is 1. The van der Waals surface area contributed by atoms with Crippen molar-refractivity contribution in [2.24, 2.45) is 0 Å². The summed E-state index contributed by atoms with van der Waals surface area (Å²) in [5.74, 6) is -1.76. The zero-order chi connectivity index (χ0) is 10.6. The molecule has 7 nitrogen and oxygen atoms in total. The number of carboxylic acids is 1. The maximum Gasteiger partial charge on any atom is 0.335 e. The number of aliphatic carboxylic acids is 1. The number of aliphatic hydroxyl groups excluding tert-OH is 4. The first kappa shape index (κ1) is 15.7. The van der Waals surface area contributed by atoms with Crippen LogP contribution in [0, 0.1) is 0 Å². The van der Waals surface area contributed by atoms with Crippen molar-refractivity contribution in [1.29, 1.82) is 0 Å². The first-order valence-corrected chi connectivity index (χ1v) is 3.32. The summed E-state index contributed by atoms with van der Waals surface area (Å²) in [5, 5.41) is 43.2. The fourth-order valence-electron chi connectivity index (χ4n) is 0.615. The normalized spacial score (nSPS) is 18.6. The predicted octanol–water partition coefficient (Wildman–Crippen LogP) is -2.86. The molecular weight excluding hydrogens is 220 g/mol. The van der Waals surface area contributed by atoms with Crippen LogP contribution in [0.25, 0.3) is 0 Å². The number of hydrogen-bond acceptors (Lipinski definition) is 6. The number of halogens is 1. The first-order chi connectivity index (χ1) is 5.91. The van der Waals surface area contributed by atoms with E-state index in [0.29, 0.717) is 0 Å². The topological polar surface area (TPSA) is 135 Å². The highest BCUT2D eigenvalue weighted by atomic mass is 35.5. The molecule has 0 aliphatic carbocycles. The molecule has 0 spiro atoms. The maximum atomic E-state index is 10.1. The highest BCUT2D eigenvalue weighted by molar-refractivity contribution is 5.85. The molecule has 0 aromatic carbocycles. The SMILES string of the molecule is Cl.O=C[C@H](O)[C@@H](O)[C@H](O)[C@H](O)C(=O)O. The van der Waals surface area contributed by atoms with Gasteiger partial charge in [-0.3, -0.25) is 0 Å². The molecule has 4 atom stereocenters. The van der Waals surface area contributed by atoms with Crippen LogP contribution in [0.4, 0.5) is 0 Å². The van der Waals surface area contributed by atoms with Crippen LogP contribution < -0.4 is 0 Å². The van der Waals surface area contributed by atoms with Gasteiger partial charge in [0.1, 0.15) is 18.3 Å². The van der Waals surface area contributed by atoms with Crippen LogP contribution in [0.1, 0.15) is 0 Å². The monoisotopic (exact) mass is 230 g/mol. The number of aliphatic hydroxyl groups is 4. The van der Waals surface area contributed by atoms with Crippen molar-refractivity contribution in [3.63, 3.8) is 0 Å². The zero-order valence-electron chi connectivity index (χ0n) is 6.85. The van der Waals surface area contributed by atoms with Gasteiger partial charge < -0.3 is 30.3 Å². The van der Waals surface area contributed by atoms with Crippen molar-refractivity contribution in [1.82, 2.24) is 0 Å². The van der Waals surface area contributed by atoms with Gasteiger partial charge in [0, 0.05) is 0 Å². The molecule has 0 aliphatic rings. The minimum Gasteiger partial charge on any atom is -0.479 e. The van der Waals surface area contributed by atoms with Crippen LogP contribution >= 0.6 is 12.4 Å². The summed E-state index contributed by atoms with van der Waals surface area (Å²) in [7, 11) is 0. The first-order valence-electron chi connectivity index (χ1n) is 3.32. The molecule has 0 radical (unpaired) electrons. The molecule has 0 rings (SSSR count). The molecule has 0 amide bonds. The second-order valence-electron chi connectivity index (χ2n) is 2.39. The Morgan fingerprint density at radius 3 is 1.79 bits per heavy atom. The van der Waals surface area contributed by atoms with Gasteiger partial charge in [0.05, 0.1) is 0 Å². The number of rotatable bonds is 5. The summed E-state index contributed by atoms with van der Waals surface area (Å²) < 4.78 is 0. The summed E-state index contributed by atoms with van der Waals surface area (Å²) >= 11 is 0. The minimum atomic E-state index is -2.25. The van der Waals surface area contributed by atoms with Crippen molar-refractivity contribution in [3.8, 4) is 0 Å². The molecule has 84 valence electrons. The number of carboxylic acid groups (broad SMARTS) is 1. The Labute approximate surface area is 85.0 Å². The van der Waals surface area contributed by atoms with Crippen LogP contribution in [0.15, 0.2) is 0 Å². The second-order valence-corrected chi connectivity index (χ2v) is 2.39. The van der Waals surface area contributed by atoms with E-state index in [1.807, 2.05) is 0 Å². The number of aldehydes is 1. The quantitative estimate of drug-likeness (QED) is 0.321. The van der Waals surface area contributed by atoms with E-state index in [1.54, 1.807) is 0 Å². The van der Waals surface area contributed by atoms with Gasteiger partial charge >= 0.3 is 5.97 Å². The molecule has 0 aliphatic heterocycles. The number of hydrogen-bond donors (Lipinski definition) is 5. The van der Waals surface area contributed by atoms with Crippen LogP contribution in [-0.4, -0.2) is 62.2 Å². The highest BCUT2D eigenvalue weighted by Gasteiger charge is 2.33. The lowest BCUT2D eigenvalue weighted by atomic mass is 10.0. The third kappa shape index (κ3) is 3.99. The van der Waals surface area contributed by atoms with Crippen LogP contribution in [-0.2, 0) is 9.59 Å². The van der Waals surface area contributed by atoms with Gasteiger partial charge in [-0.05, 0) is 0 Å². The van der Waals surface area contributed by atoms with Gasteiger partial charge in [-0.2, -0.15) is 0 Å². The third-order valence-corrected chi connectivity index (χ3v) is 1.42. The van der Waals surface area contributed by atoms with Gasteiger partial charge in [-0.15, -0.1) is 12.4 Å². The molecular formula is C6H11ClO7. The second kappa shape index (κ2) is 6.68. The van der Waals surface area contributed by atoms with E-state index in [-0.39, 0.29) is 18.7 Å². The van der Waals surface area contributed by atoms with E-state index in [0.717, 1.165) is 0 Å². The fourth-order valence-corrected chi connectivity index (χ4v) is 0.615. The summed E-state index contributed by atoms with van der Waals surface area (Å²) in [6.45, 7) is 0. The predicted molar refractivity (Wildman–Crippen MR) is 45.0 cm³/mol. The van der Waals surface area contributed by atoms with Crippen LogP contribution in [0.2, 0.25) is 0 Å². The highest BCUT2D eigenvalue weighted by Crippen LogP contribution is 2.03. The van der Waals surface area contributed by atoms with Crippen molar-refractivity contribution < 1.29 is 35.1 Å². The summed E-state index contributed by atoms with van der Waals surface area (Å²) in [5.41, 5.74) is 0. The lowest BCUT2D eigenvalue weighted by Crippen LogP contribution is -2.48. The maximum absolute atomic E-state index is 10.1. The molecule has 8 heteroatoms. The molecule has 0 heterocycles. The minimum absolute atomic E-state index is 0. The van der Waals surface area contributed by atoms with Gasteiger partial charge in [0.25, 0.3) is 0 Å². The van der Waals surface area contributed by atoms with Crippen molar-refractivity contribution in [3.05, 3.63) is 0 Å². The Morgan fingerprint density at radius 1 is 1.07 bits per heavy atom. The molecule has 0 unspecified atom stereocenters. The Bertz CT molecular complexity index is 197. The Hall–Kier alpha value is -0.730. The lowest BCUT2D eigenvalue weighted by Gasteiger charge is -2.21. The largest absolute Gasteiger partial charge is 0.479 e. The summed E-state index contributed by atoms with van der Waals surface area (Å²) in [6, 6.07) is 0. The molecule has 14 heavy (non-hydrogen) atoms. The van der Waals surface area contributed by atoms with E-state index >= 15 is 0 Å². The van der Waals surface area contributed by atoms with Gasteiger partial charge in [-0.25, -0.2) is 4.79 Å². The molecule has 0 aromatic rings. The van der Waals surface area contributed by atoms with Crippen LogP contribution in [0.3, 0.4) is 0 Å². The van der Waals surface area contributed by atoms with Crippen molar-refractivity contribution >= 4 is 24.7 Å². The van der Waals surface area contributed by atoms with E-state index in [2.05, 4.69) is 0 Å². The molecule has 0 fully saturated rings. The van der Waals surface area contributed by atoms with Gasteiger partial charge in [0.2, 0.25) is 0 Å². The van der Waals surface area contributed by atoms with Crippen molar-refractivity contribution in [2.75, 3.05) is 0 Å². The smallest absolute Gasteiger partial charge is 0.335 e. The summed E-state index contributed by atoms with van der Waals surface area (Å²) in [4.78, 5) is 20.0. The molecule has 5 N–H and O–H groups in total. The Balaban J connectivity index is 0. The molecule has 0 aromatic heterocycles. The van der Waals surface area contributed by atoms with Crippen LogP contribution in [0.5, 0.6) is 0 Å². The molecule has 0 bridgehead atoms. The van der Waals surface area contributed by atoms with Crippen molar-refractivity contribution in [2.45, 2.75) is 24.4 Å². The fraction of sp³-hybridized carbons (Fsp3) is 0.667. The van der Waals surface area contributed by atoms with E-state index in [9.17, 15) is 9.59 Å². The van der Waals surface area contributed by atoms with Gasteiger partial charge in [-0.1, -0.05) is 0 Å². The van der Waals surface area contributed by atoms with E-state index < -0.39 is 30.4 Å². The average molecular weight is 231 g/mol. The molecule has 0 saturated carbocycles. The number of carbonyl (C=O) groups is 2. The van der Waals surface area contributed by atoms with E-state index in [4.69, 9.17) is 25.5 Å². The standard InChI is InChI=1S/C6H10O7.ClH/c7-1-2(8)3(9)4(10)5(11)6(12)13;/h1-5,8-11H,(H,12,13);1H/t2-,3+,4-,5-;/m0./s1. The molecule has 0 saturated heterocycles. The Kier molecular flexibility index (Phi) is 7.51.